The van der Waals surface area contributed by atoms with E-state index in [1.165, 1.54) is 32.1 Å². The van der Waals surface area contributed by atoms with E-state index < -0.39 is 10.0 Å². The lowest BCUT2D eigenvalue weighted by atomic mass is 10.1. The van der Waals surface area contributed by atoms with Crippen LogP contribution in [0.15, 0.2) is 58.0 Å². The Balaban J connectivity index is 1.44. The standard InChI is InChI=1S/C24H30N4O4S/c1-18-6-8-19(9-7-18)23-17-25-24(32-23)27-21-16-20(10-11-22(21)31-2)33(29,30)26-12-5-15-28-13-3-4-14-28/h6-11,16-17,26H,3-5,12-15H2,1-2H3,(H,25,27). The first-order chi connectivity index (χ1) is 15.9. The SMILES string of the molecule is COc1ccc(S(=O)(=O)NCCCN2CCCC2)cc1Nc1ncc(-c2ccc(C)cc2)o1. The number of ether oxygens (including phenoxy) is 1. The number of hydrogen-bond donors (Lipinski definition) is 2. The van der Waals surface area contributed by atoms with Crippen LogP contribution in [0, 0.1) is 6.92 Å². The number of nitrogens with zero attached hydrogens (tertiary/aromatic N) is 2. The molecule has 4 rings (SSSR count). The van der Waals surface area contributed by atoms with Crippen molar-refractivity contribution in [1.82, 2.24) is 14.6 Å². The molecule has 2 heterocycles. The molecule has 3 aromatic rings. The van der Waals surface area contributed by atoms with Gasteiger partial charge in [0.15, 0.2) is 5.76 Å². The smallest absolute Gasteiger partial charge is 0.299 e. The van der Waals surface area contributed by atoms with Gasteiger partial charge in [-0.2, -0.15) is 0 Å². The summed E-state index contributed by atoms with van der Waals surface area (Å²) in [5, 5.41) is 3.04. The van der Waals surface area contributed by atoms with Gasteiger partial charge in [0, 0.05) is 12.1 Å². The number of anilines is 2. The fourth-order valence-corrected chi connectivity index (χ4v) is 4.95. The normalized spacial score (nSPS) is 14.5. The lowest BCUT2D eigenvalue weighted by molar-refractivity contribution is 0.334. The third-order valence-electron chi connectivity index (χ3n) is 5.71. The average molecular weight is 471 g/mol. The molecule has 0 radical (unpaired) electrons. The molecular weight excluding hydrogens is 440 g/mol. The number of methoxy groups -OCH3 is 1. The molecule has 1 aliphatic heterocycles. The predicted molar refractivity (Wildman–Crippen MR) is 128 cm³/mol. The Bertz CT molecular complexity index is 1170. The fraction of sp³-hybridized carbons (Fsp3) is 0.375. The first-order valence-corrected chi connectivity index (χ1v) is 12.6. The zero-order valence-electron chi connectivity index (χ0n) is 19.0. The molecule has 2 aromatic carbocycles. The number of sulfonamides is 1. The molecule has 0 aliphatic carbocycles. The van der Waals surface area contributed by atoms with Gasteiger partial charge in [-0.05, 0) is 64.0 Å². The second kappa shape index (κ2) is 10.4. The van der Waals surface area contributed by atoms with Crippen LogP contribution in [0.25, 0.3) is 11.3 Å². The minimum atomic E-state index is -3.65. The van der Waals surface area contributed by atoms with E-state index in [1.54, 1.807) is 12.3 Å². The Morgan fingerprint density at radius 3 is 2.61 bits per heavy atom. The van der Waals surface area contributed by atoms with E-state index in [0.29, 0.717) is 23.7 Å². The highest BCUT2D eigenvalue weighted by Gasteiger charge is 2.18. The van der Waals surface area contributed by atoms with Crippen molar-refractivity contribution < 1.29 is 17.6 Å². The highest BCUT2D eigenvalue weighted by molar-refractivity contribution is 7.89. The maximum Gasteiger partial charge on any atom is 0.299 e. The van der Waals surface area contributed by atoms with Gasteiger partial charge >= 0.3 is 0 Å². The first-order valence-electron chi connectivity index (χ1n) is 11.1. The van der Waals surface area contributed by atoms with E-state index in [9.17, 15) is 8.42 Å². The van der Waals surface area contributed by atoms with Crippen LogP contribution in [0.2, 0.25) is 0 Å². The van der Waals surface area contributed by atoms with Gasteiger partial charge in [-0.25, -0.2) is 18.1 Å². The number of aryl methyl sites for hydroxylation is 1. The molecule has 0 amide bonds. The Kier molecular flexibility index (Phi) is 7.32. The number of aromatic nitrogens is 1. The van der Waals surface area contributed by atoms with Crippen LogP contribution in [0.5, 0.6) is 5.75 Å². The van der Waals surface area contributed by atoms with Crippen molar-refractivity contribution in [2.45, 2.75) is 31.1 Å². The average Bonchev–Trinajstić information content (AvgIpc) is 3.50. The molecule has 0 atom stereocenters. The summed E-state index contributed by atoms with van der Waals surface area (Å²) in [6, 6.07) is 12.8. The van der Waals surface area contributed by atoms with Gasteiger partial charge in [0.25, 0.3) is 6.01 Å². The molecule has 176 valence electrons. The molecule has 0 spiro atoms. The summed E-state index contributed by atoms with van der Waals surface area (Å²) in [7, 11) is -2.13. The van der Waals surface area contributed by atoms with Crippen molar-refractivity contribution in [2.75, 3.05) is 38.6 Å². The van der Waals surface area contributed by atoms with Gasteiger partial charge in [-0.15, -0.1) is 0 Å². The summed E-state index contributed by atoms with van der Waals surface area (Å²) in [6.45, 7) is 5.53. The topological polar surface area (TPSA) is 96.7 Å². The van der Waals surface area contributed by atoms with Gasteiger partial charge in [-0.1, -0.05) is 29.8 Å². The van der Waals surface area contributed by atoms with Gasteiger partial charge in [0.1, 0.15) is 5.75 Å². The van der Waals surface area contributed by atoms with E-state index in [0.717, 1.165) is 37.2 Å². The van der Waals surface area contributed by atoms with Gasteiger partial charge in [-0.3, -0.25) is 0 Å². The van der Waals surface area contributed by atoms with Gasteiger partial charge in [0.2, 0.25) is 10.0 Å². The van der Waals surface area contributed by atoms with E-state index in [2.05, 4.69) is 19.9 Å². The van der Waals surface area contributed by atoms with Crippen LogP contribution in [0.1, 0.15) is 24.8 Å². The van der Waals surface area contributed by atoms with Crippen LogP contribution >= 0.6 is 0 Å². The van der Waals surface area contributed by atoms with Crippen molar-refractivity contribution >= 4 is 21.7 Å². The number of likely N-dealkylation sites (tertiary alicyclic amines) is 1. The number of oxazole rings is 1. The molecule has 1 fully saturated rings. The highest BCUT2D eigenvalue weighted by Crippen LogP contribution is 2.31. The predicted octanol–water partition coefficient (Wildman–Crippen LogP) is 4.17. The third-order valence-corrected chi connectivity index (χ3v) is 7.17. The molecule has 1 saturated heterocycles. The summed E-state index contributed by atoms with van der Waals surface area (Å²) in [5.74, 6) is 1.10. The van der Waals surface area contributed by atoms with Gasteiger partial charge in [0.05, 0.1) is 23.9 Å². The Labute approximate surface area is 195 Å². The van der Waals surface area contributed by atoms with Crippen molar-refractivity contribution in [3.05, 3.63) is 54.2 Å². The second-order valence-corrected chi connectivity index (χ2v) is 9.95. The highest BCUT2D eigenvalue weighted by atomic mass is 32.2. The molecule has 8 nitrogen and oxygen atoms in total. The van der Waals surface area contributed by atoms with Crippen molar-refractivity contribution in [1.29, 1.82) is 0 Å². The Morgan fingerprint density at radius 2 is 1.88 bits per heavy atom. The second-order valence-electron chi connectivity index (χ2n) is 8.18. The van der Waals surface area contributed by atoms with Crippen LogP contribution in [0.4, 0.5) is 11.7 Å². The van der Waals surface area contributed by atoms with Crippen LogP contribution in [0.3, 0.4) is 0 Å². The minimum absolute atomic E-state index is 0.150. The summed E-state index contributed by atoms with van der Waals surface area (Å²) >= 11 is 0. The summed E-state index contributed by atoms with van der Waals surface area (Å²) in [6.07, 6.45) is 4.86. The molecule has 0 bridgehead atoms. The van der Waals surface area contributed by atoms with E-state index in [1.807, 2.05) is 31.2 Å². The van der Waals surface area contributed by atoms with Crippen molar-refractivity contribution in [3.63, 3.8) is 0 Å². The quantitative estimate of drug-likeness (QED) is 0.429. The third kappa shape index (κ3) is 5.93. The van der Waals surface area contributed by atoms with Crippen LogP contribution in [-0.2, 0) is 10.0 Å². The van der Waals surface area contributed by atoms with E-state index in [4.69, 9.17) is 9.15 Å². The van der Waals surface area contributed by atoms with Crippen LogP contribution in [-0.4, -0.2) is 51.6 Å². The molecule has 33 heavy (non-hydrogen) atoms. The van der Waals surface area contributed by atoms with Crippen molar-refractivity contribution in [3.8, 4) is 17.1 Å². The molecule has 2 N–H and O–H groups in total. The largest absolute Gasteiger partial charge is 0.495 e. The minimum Gasteiger partial charge on any atom is -0.495 e. The number of rotatable bonds is 10. The molecule has 0 saturated carbocycles. The van der Waals surface area contributed by atoms with Crippen molar-refractivity contribution in [2.24, 2.45) is 0 Å². The maximum atomic E-state index is 12.8. The number of nitrogens with one attached hydrogen (secondary N) is 2. The zero-order chi connectivity index (χ0) is 23.3. The lowest BCUT2D eigenvalue weighted by Crippen LogP contribution is -2.28. The number of hydrogen-bond acceptors (Lipinski definition) is 7. The van der Waals surface area contributed by atoms with Crippen LogP contribution < -0.4 is 14.8 Å². The molecular formula is C24H30N4O4S. The Morgan fingerprint density at radius 1 is 1.12 bits per heavy atom. The number of benzene rings is 2. The van der Waals surface area contributed by atoms with E-state index >= 15 is 0 Å². The first kappa shape index (κ1) is 23.3. The van der Waals surface area contributed by atoms with E-state index in [-0.39, 0.29) is 10.9 Å². The molecule has 0 unspecified atom stereocenters. The summed E-state index contributed by atoms with van der Waals surface area (Å²) in [5.41, 5.74) is 2.52. The monoisotopic (exact) mass is 470 g/mol. The Hall–Kier alpha value is -2.88. The summed E-state index contributed by atoms with van der Waals surface area (Å²) < 4.78 is 39.5. The molecule has 9 heteroatoms. The lowest BCUT2D eigenvalue weighted by Gasteiger charge is -2.15. The maximum absolute atomic E-state index is 12.8. The van der Waals surface area contributed by atoms with Gasteiger partial charge < -0.3 is 19.4 Å². The molecule has 1 aliphatic rings. The molecule has 1 aromatic heterocycles. The summed E-state index contributed by atoms with van der Waals surface area (Å²) in [4.78, 5) is 6.79. The fourth-order valence-electron chi connectivity index (χ4n) is 3.85. The zero-order valence-corrected chi connectivity index (χ0v) is 19.8.